The van der Waals surface area contributed by atoms with E-state index in [0.717, 1.165) is 67.2 Å². The number of rotatable bonds is 3. The van der Waals surface area contributed by atoms with Crippen molar-refractivity contribution < 1.29 is 4.79 Å². The van der Waals surface area contributed by atoms with Crippen LogP contribution in [0.4, 0.5) is 5.82 Å². The first-order valence-corrected chi connectivity index (χ1v) is 11.0. The summed E-state index contributed by atoms with van der Waals surface area (Å²) >= 11 is 0. The Morgan fingerprint density at radius 3 is 2.74 bits per heavy atom. The monoisotopic (exact) mass is 423 g/mol. The molecule has 164 valence electrons. The van der Waals surface area contributed by atoms with Crippen LogP contribution in [0.15, 0.2) is 12.3 Å². The summed E-state index contributed by atoms with van der Waals surface area (Å²) in [7, 11) is 1.80. The summed E-state index contributed by atoms with van der Waals surface area (Å²) < 4.78 is 3.46. The van der Waals surface area contributed by atoms with E-state index in [0.29, 0.717) is 12.2 Å². The number of aromatic nitrogens is 6. The number of nitrogens with zero attached hydrogens (tertiary/aromatic N) is 8. The van der Waals surface area contributed by atoms with Gasteiger partial charge in [-0.2, -0.15) is 5.10 Å². The highest BCUT2D eigenvalue weighted by Gasteiger charge is 2.33. The highest BCUT2D eigenvalue weighted by molar-refractivity contribution is 5.93. The lowest BCUT2D eigenvalue weighted by Gasteiger charge is -2.34. The van der Waals surface area contributed by atoms with Gasteiger partial charge < -0.3 is 15.5 Å². The molecule has 0 saturated carbocycles. The van der Waals surface area contributed by atoms with Gasteiger partial charge >= 0.3 is 0 Å². The predicted molar refractivity (Wildman–Crippen MR) is 116 cm³/mol. The van der Waals surface area contributed by atoms with Crippen molar-refractivity contribution in [3.05, 3.63) is 34.9 Å². The van der Waals surface area contributed by atoms with Crippen LogP contribution in [-0.4, -0.2) is 66.1 Å². The molecule has 0 bridgehead atoms. The standard InChI is InChI=1S/C21H29N9O/c1-13-11-30-18(23-20(13)28-9-7-15(22)12-28)10-16(25-30)17-6-4-5-8-29(17)21(31)19-14(2)27(3)26-24-19/h10-11,15,17H,4-9,12,22H2,1-3H3/t15-,17-/m0/s1. The number of anilines is 1. The first-order valence-electron chi connectivity index (χ1n) is 11.0. The zero-order valence-electron chi connectivity index (χ0n) is 18.3. The molecule has 2 N–H and O–H groups in total. The van der Waals surface area contributed by atoms with E-state index in [1.807, 2.05) is 28.6 Å². The van der Waals surface area contributed by atoms with Crippen LogP contribution in [0.3, 0.4) is 0 Å². The lowest BCUT2D eigenvalue weighted by Crippen LogP contribution is -2.39. The molecule has 2 fully saturated rings. The molecular weight excluding hydrogens is 394 g/mol. The molecule has 3 aromatic rings. The van der Waals surface area contributed by atoms with Gasteiger partial charge in [0.05, 0.1) is 17.4 Å². The van der Waals surface area contributed by atoms with Gasteiger partial charge in [0.25, 0.3) is 5.91 Å². The van der Waals surface area contributed by atoms with Gasteiger partial charge in [0.2, 0.25) is 0 Å². The molecule has 0 unspecified atom stereocenters. The van der Waals surface area contributed by atoms with Crippen LogP contribution in [0, 0.1) is 13.8 Å². The SMILES string of the molecule is Cc1cn2nc([C@@H]3CCCCN3C(=O)c3nnn(C)c3C)cc2nc1N1CC[C@H](N)C1. The molecule has 0 aliphatic carbocycles. The van der Waals surface area contributed by atoms with Crippen LogP contribution < -0.4 is 10.6 Å². The second kappa shape index (κ2) is 7.60. The van der Waals surface area contributed by atoms with Gasteiger partial charge in [-0.3, -0.25) is 9.48 Å². The van der Waals surface area contributed by atoms with Crippen LogP contribution in [-0.2, 0) is 7.05 Å². The van der Waals surface area contributed by atoms with E-state index < -0.39 is 0 Å². The molecule has 1 amide bonds. The molecule has 5 heterocycles. The Bertz CT molecular complexity index is 1130. The fraction of sp³-hybridized carbons (Fsp3) is 0.571. The van der Waals surface area contributed by atoms with Crippen molar-refractivity contribution in [1.29, 1.82) is 0 Å². The number of carbonyl (C=O) groups excluding carboxylic acids is 1. The van der Waals surface area contributed by atoms with Crippen molar-refractivity contribution in [1.82, 2.24) is 34.5 Å². The van der Waals surface area contributed by atoms with Crippen LogP contribution in [0.1, 0.15) is 59.2 Å². The number of likely N-dealkylation sites (tertiary alicyclic amines) is 1. The smallest absolute Gasteiger partial charge is 0.276 e. The maximum absolute atomic E-state index is 13.3. The molecule has 5 rings (SSSR count). The fourth-order valence-corrected chi connectivity index (χ4v) is 4.70. The van der Waals surface area contributed by atoms with Gasteiger partial charge in [-0.1, -0.05) is 5.21 Å². The fourth-order valence-electron chi connectivity index (χ4n) is 4.70. The number of carbonyl (C=O) groups is 1. The average molecular weight is 424 g/mol. The summed E-state index contributed by atoms with van der Waals surface area (Å²) in [5.41, 5.74) is 10.0. The summed E-state index contributed by atoms with van der Waals surface area (Å²) in [5.74, 6) is 0.891. The minimum atomic E-state index is -0.0895. The molecular formula is C21H29N9O. The molecule has 10 nitrogen and oxygen atoms in total. The van der Waals surface area contributed by atoms with E-state index in [-0.39, 0.29) is 18.0 Å². The first kappa shape index (κ1) is 19.9. The number of piperidine rings is 1. The maximum atomic E-state index is 13.3. The highest BCUT2D eigenvalue weighted by atomic mass is 16.2. The molecule has 2 atom stereocenters. The minimum Gasteiger partial charge on any atom is -0.355 e. The van der Waals surface area contributed by atoms with E-state index in [1.165, 1.54) is 0 Å². The third-order valence-corrected chi connectivity index (χ3v) is 6.56. The lowest BCUT2D eigenvalue weighted by atomic mass is 9.99. The largest absolute Gasteiger partial charge is 0.355 e. The zero-order valence-corrected chi connectivity index (χ0v) is 18.3. The van der Waals surface area contributed by atoms with Crippen molar-refractivity contribution in [3.8, 4) is 0 Å². The van der Waals surface area contributed by atoms with Crippen molar-refractivity contribution >= 4 is 17.4 Å². The highest BCUT2D eigenvalue weighted by Crippen LogP contribution is 2.32. The Labute approximate surface area is 181 Å². The summed E-state index contributed by atoms with van der Waals surface area (Å²) in [6.45, 7) is 6.37. The number of hydrogen-bond donors (Lipinski definition) is 1. The summed E-state index contributed by atoms with van der Waals surface area (Å²) in [5, 5.41) is 12.9. The Hall–Kier alpha value is -3.01. The minimum absolute atomic E-state index is 0.0803. The number of fused-ring (bicyclic) bond motifs is 1. The van der Waals surface area contributed by atoms with Gasteiger partial charge in [-0.15, -0.1) is 5.10 Å². The molecule has 2 saturated heterocycles. The van der Waals surface area contributed by atoms with E-state index >= 15 is 0 Å². The van der Waals surface area contributed by atoms with Crippen LogP contribution >= 0.6 is 0 Å². The van der Waals surface area contributed by atoms with Crippen molar-refractivity contribution in [3.63, 3.8) is 0 Å². The Morgan fingerprint density at radius 2 is 2.03 bits per heavy atom. The van der Waals surface area contributed by atoms with Gasteiger partial charge in [0.15, 0.2) is 11.3 Å². The summed E-state index contributed by atoms with van der Waals surface area (Å²) in [4.78, 5) is 22.3. The van der Waals surface area contributed by atoms with Crippen LogP contribution in [0.5, 0.6) is 0 Å². The van der Waals surface area contributed by atoms with Gasteiger partial charge in [0.1, 0.15) is 5.82 Å². The van der Waals surface area contributed by atoms with Crippen molar-refractivity contribution in [2.75, 3.05) is 24.5 Å². The third-order valence-electron chi connectivity index (χ3n) is 6.56. The molecule has 31 heavy (non-hydrogen) atoms. The molecule has 2 aliphatic heterocycles. The van der Waals surface area contributed by atoms with E-state index in [1.54, 1.807) is 11.7 Å². The summed E-state index contributed by atoms with van der Waals surface area (Å²) in [6, 6.07) is 2.12. The topological polar surface area (TPSA) is 110 Å². The second-order valence-electron chi connectivity index (χ2n) is 8.77. The van der Waals surface area contributed by atoms with E-state index in [4.69, 9.17) is 15.8 Å². The average Bonchev–Trinajstić information content (AvgIpc) is 3.46. The van der Waals surface area contributed by atoms with E-state index in [2.05, 4.69) is 22.1 Å². The van der Waals surface area contributed by atoms with Gasteiger partial charge in [-0.25, -0.2) is 9.50 Å². The molecule has 2 aliphatic rings. The molecule has 3 aromatic heterocycles. The summed E-state index contributed by atoms with van der Waals surface area (Å²) in [6.07, 6.45) is 5.92. The molecule has 0 aromatic carbocycles. The predicted octanol–water partition coefficient (Wildman–Crippen LogP) is 1.38. The Morgan fingerprint density at radius 1 is 1.19 bits per heavy atom. The number of nitrogens with two attached hydrogens (primary N) is 1. The van der Waals surface area contributed by atoms with Crippen LogP contribution in [0.2, 0.25) is 0 Å². The second-order valence-corrected chi connectivity index (χ2v) is 8.77. The van der Waals surface area contributed by atoms with Crippen molar-refractivity contribution in [2.24, 2.45) is 12.8 Å². The molecule has 0 spiro atoms. The lowest BCUT2D eigenvalue weighted by molar-refractivity contribution is 0.0598. The maximum Gasteiger partial charge on any atom is 0.276 e. The van der Waals surface area contributed by atoms with Crippen LogP contribution in [0.25, 0.3) is 5.65 Å². The number of amides is 1. The molecule has 0 radical (unpaired) electrons. The zero-order chi connectivity index (χ0) is 21.7. The third kappa shape index (κ3) is 3.44. The van der Waals surface area contributed by atoms with Gasteiger partial charge in [-0.05, 0) is 39.5 Å². The Balaban J connectivity index is 1.48. The quantitative estimate of drug-likeness (QED) is 0.677. The number of hydrogen-bond acceptors (Lipinski definition) is 7. The van der Waals surface area contributed by atoms with E-state index in [9.17, 15) is 4.79 Å². The Kier molecular flexibility index (Phi) is 4.88. The molecule has 10 heteroatoms. The normalized spacial score (nSPS) is 21.9. The first-order chi connectivity index (χ1) is 14.9. The van der Waals surface area contributed by atoms with Crippen molar-refractivity contribution in [2.45, 2.75) is 51.6 Å². The van der Waals surface area contributed by atoms with Gasteiger partial charge in [0, 0.05) is 50.6 Å². The number of aryl methyl sites for hydroxylation is 2.